The highest BCUT2D eigenvalue weighted by Gasteiger charge is 2.32. The lowest BCUT2D eigenvalue weighted by Crippen LogP contribution is -2.53. The Morgan fingerprint density at radius 3 is 2.42 bits per heavy atom. The molecule has 1 aromatic heterocycles. The largest absolute Gasteiger partial charge is 0.481 e. The first kappa shape index (κ1) is 21.1. The van der Waals surface area contributed by atoms with Crippen LogP contribution in [0.3, 0.4) is 0 Å². The molecule has 1 fully saturated rings. The van der Waals surface area contributed by atoms with Crippen LogP contribution in [-0.2, 0) is 21.9 Å². The Bertz CT molecular complexity index is 1260. The second-order valence-corrected chi connectivity index (χ2v) is 9.30. The Kier molecular flexibility index (Phi) is 5.59. The summed E-state index contributed by atoms with van der Waals surface area (Å²) in [6.07, 6.45) is -0.672. The second kappa shape index (κ2) is 8.20. The highest BCUT2D eigenvalue weighted by molar-refractivity contribution is 7.89. The van der Waals surface area contributed by atoms with Gasteiger partial charge in [-0.2, -0.15) is 4.31 Å². The van der Waals surface area contributed by atoms with Crippen LogP contribution >= 0.6 is 0 Å². The number of piperazine rings is 1. The zero-order valence-corrected chi connectivity index (χ0v) is 18.0. The van der Waals surface area contributed by atoms with Gasteiger partial charge in [0.2, 0.25) is 10.0 Å². The summed E-state index contributed by atoms with van der Waals surface area (Å²) in [7, 11) is -2.23. The maximum Gasteiger partial charge on any atom is 0.419 e. The SMILES string of the molecule is C[C@@H](Oc1ccccc1)C(=O)N1CCN(S(=O)(=O)c2ccc3c(c2)oc(=O)n3C)CC1. The van der Waals surface area contributed by atoms with Gasteiger partial charge >= 0.3 is 5.76 Å². The number of para-hydroxylation sites is 1. The smallest absolute Gasteiger partial charge is 0.419 e. The van der Waals surface area contributed by atoms with Gasteiger partial charge in [-0.05, 0) is 31.2 Å². The van der Waals surface area contributed by atoms with Crippen LogP contribution in [-0.4, -0.2) is 60.4 Å². The summed E-state index contributed by atoms with van der Waals surface area (Å²) < 4.78 is 39.5. The van der Waals surface area contributed by atoms with Crippen molar-refractivity contribution in [3.63, 3.8) is 0 Å². The molecule has 1 aliphatic heterocycles. The number of fused-ring (bicyclic) bond motifs is 1. The van der Waals surface area contributed by atoms with Crippen LogP contribution in [0.1, 0.15) is 6.92 Å². The molecule has 0 bridgehead atoms. The van der Waals surface area contributed by atoms with Crippen LogP contribution in [0.25, 0.3) is 11.1 Å². The molecule has 0 radical (unpaired) electrons. The Balaban J connectivity index is 1.43. The Hall–Kier alpha value is -3.11. The number of sulfonamides is 1. The van der Waals surface area contributed by atoms with Gasteiger partial charge in [-0.1, -0.05) is 18.2 Å². The molecule has 1 amide bonds. The fourth-order valence-corrected chi connectivity index (χ4v) is 5.02. The first-order valence-electron chi connectivity index (χ1n) is 9.87. The van der Waals surface area contributed by atoms with Crippen molar-refractivity contribution in [1.29, 1.82) is 0 Å². The van der Waals surface area contributed by atoms with E-state index < -0.39 is 21.9 Å². The van der Waals surface area contributed by atoms with Gasteiger partial charge in [-0.15, -0.1) is 0 Å². The molecule has 0 aliphatic carbocycles. The minimum Gasteiger partial charge on any atom is -0.481 e. The van der Waals surface area contributed by atoms with E-state index in [9.17, 15) is 18.0 Å². The zero-order valence-electron chi connectivity index (χ0n) is 17.2. The van der Waals surface area contributed by atoms with E-state index in [4.69, 9.17) is 9.15 Å². The number of hydrogen-bond acceptors (Lipinski definition) is 6. The number of ether oxygens (including phenoxy) is 1. The number of amides is 1. The monoisotopic (exact) mass is 445 g/mol. The molecule has 10 heteroatoms. The summed E-state index contributed by atoms with van der Waals surface area (Å²) in [4.78, 5) is 26.0. The lowest BCUT2D eigenvalue weighted by Gasteiger charge is -2.35. The summed E-state index contributed by atoms with van der Waals surface area (Å²) in [6.45, 7) is 2.56. The maximum absolute atomic E-state index is 13.0. The average Bonchev–Trinajstić information content (AvgIpc) is 3.07. The van der Waals surface area contributed by atoms with Crippen LogP contribution in [0, 0.1) is 0 Å². The van der Waals surface area contributed by atoms with E-state index in [0.29, 0.717) is 11.3 Å². The van der Waals surface area contributed by atoms with Crippen LogP contribution < -0.4 is 10.5 Å². The molecular formula is C21H23N3O6S. The third kappa shape index (κ3) is 4.08. The van der Waals surface area contributed by atoms with Gasteiger partial charge in [0.25, 0.3) is 5.91 Å². The van der Waals surface area contributed by atoms with Gasteiger partial charge in [0.1, 0.15) is 5.75 Å². The number of benzene rings is 2. The van der Waals surface area contributed by atoms with Crippen LogP contribution in [0.15, 0.2) is 62.6 Å². The highest BCUT2D eigenvalue weighted by Crippen LogP contribution is 2.22. The molecule has 0 N–H and O–H groups in total. The first-order valence-corrected chi connectivity index (χ1v) is 11.3. The number of rotatable bonds is 5. The van der Waals surface area contributed by atoms with Crippen molar-refractivity contribution in [2.45, 2.75) is 17.9 Å². The number of aromatic nitrogens is 1. The molecule has 31 heavy (non-hydrogen) atoms. The van der Waals surface area contributed by atoms with Gasteiger partial charge < -0.3 is 14.1 Å². The van der Waals surface area contributed by atoms with Crippen molar-refractivity contribution in [2.24, 2.45) is 7.05 Å². The normalized spacial score (nSPS) is 16.4. The average molecular weight is 445 g/mol. The summed E-state index contributed by atoms with van der Waals surface area (Å²) in [5.41, 5.74) is 0.737. The van der Waals surface area contributed by atoms with Gasteiger partial charge in [0.15, 0.2) is 11.7 Å². The summed E-state index contributed by atoms with van der Waals surface area (Å²) in [6, 6.07) is 13.4. The maximum atomic E-state index is 13.0. The van der Waals surface area contributed by atoms with Crippen molar-refractivity contribution in [3.8, 4) is 5.75 Å². The second-order valence-electron chi connectivity index (χ2n) is 7.36. The summed E-state index contributed by atoms with van der Waals surface area (Å²) >= 11 is 0. The molecule has 4 rings (SSSR count). The molecule has 0 unspecified atom stereocenters. The van der Waals surface area contributed by atoms with Crippen molar-refractivity contribution >= 4 is 27.0 Å². The van der Waals surface area contributed by atoms with Crippen LogP contribution in [0.4, 0.5) is 0 Å². The van der Waals surface area contributed by atoms with E-state index in [2.05, 4.69) is 0 Å². The number of carbonyl (C=O) groups is 1. The zero-order chi connectivity index (χ0) is 22.2. The third-order valence-electron chi connectivity index (χ3n) is 5.36. The molecular weight excluding hydrogens is 422 g/mol. The van der Waals surface area contributed by atoms with Crippen molar-refractivity contribution in [2.75, 3.05) is 26.2 Å². The quantitative estimate of drug-likeness (QED) is 0.589. The summed E-state index contributed by atoms with van der Waals surface area (Å²) in [5, 5.41) is 0. The van der Waals surface area contributed by atoms with Crippen LogP contribution in [0.5, 0.6) is 5.75 Å². The van der Waals surface area contributed by atoms with Crippen molar-refractivity contribution in [1.82, 2.24) is 13.8 Å². The van der Waals surface area contributed by atoms with E-state index in [1.807, 2.05) is 18.2 Å². The molecule has 0 spiro atoms. The molecule has 0 saturated carbocycles. The number of carbonyl (C=O) groups excluding carboxylic acids is 1. The lowest BCUT2D eigenvalue weighted by molar-refractivity contribution is -0.139. The fraction of sp³-hybridized carbons (Fsp3) is 0.333. The number of hydrogen-bond donors (Lipinski definition) is 0. The van der Waals surface area contributed by atoms with E-state index in [0.717, 1.165) is 0 Å². The summed E-state index contributed by atoms with van der Waals surface area (Å²) in [5.74, 6) is -0.135. The van der Waals surface area contributed by atoms with E-state index in [-0.39, 0.29) is 42.6 Å². The Labute approximate surface area is 179 Å². The Morgan fingerprint density at radius 1 is 1.06 bits per heavy atom. The number of nitrogens with zero attached hydrogens (tertiary/aromatic N) is 3. The molecule has 1 atom stereocenters. The minimum atomic E-state index is -3.78. The number of aryl methyl sites for hydroxylation is 1. The van der Waals surface area contributed by atoms with Gasteiger partial charge in [0.05, 0.1) is 10.4 Å². The Morgan fingerprint density at radius 2 is 1.74 bits per heavy atom. The lowest BCUT2D eigenvalue weighted by atomic mass is 10.3. The van der Waals surface area contributed by atoms with Crippen molar-refractivity contribution < 1.29 is 22.4 Å². The molecule has 9 nitrogen and oxygen atoms in total. The molecule has 164 valence electrons. The van der Waals surface area contributed by atoms with E-state index in [1.54, 1.807) is 37.1 Å². The molecule has 1 aliphatic rings. The van der Waals surface area contributed by atoms with Crippen molar-refractivity contribution in [3.05, 3.63) is 59.1 Å². The standard InChI is InChI=1S/C21H23N3O6S/c1-15(29-16-6-4-3-5-7-16)20(25)23-10-12-24(13-11-23)31(27,28)17-8-9-18-19(14-17)30-21(26)22(18)2/h3-9,14-15H,10-13H2,1-2H3/t15-/m1/s1. The van der Waals surface area contributed by atoms with Gasteiger partial charge in [0, 0.05) is 39.3 Å². The molecule has 2 aromatic carbocycles. The fourth-order valence-electron chi connectivity index (χ4n) is 3.58. The predicted octanol–water partition coefficient (Wildman–Crippen LogP) is 1.43. The van der Waals surface area contributed by atoms with E-state index in [1.165, 1.54) is 21.0 Å². The minimum absolute atomic E-state index is 0.0508. The predicted molar refractivity (Wildman–Crippen MR) is 113 cm³/mol. The van der Waals surface area contributed by atoms with Gasteiger partial charge in [-0.3, -0.25) is 9.36 Å². The molecule has 2 heterocycles. The van der Waals surface area contributed by atoms with E-state index >= 15 is 0 Å². The number of oxazole rings is 1. The first-order chi connectivity index (χ1) is 14.8. The van der Waals surface area contributed by atoms with Crippen LogP contribution in [0.2, 0.25) is 0 Å². The topological polar surface area (TPSA) is 102 Å². The van der Waals surface area contributed by atoms with Gasteiger partial charge in [-0.25, -0.2) is 13.2 Å². The molecule has 1 saturated heterocycles. The third-order valence-corrected chi connectivity index (χ3v) is 7.25. The highest BCUT2D eigenvalue weighted by atomic mass is 32.2. The molecule has 3 aromatic rings.